The molecule has 3 aromatic rings. The fourth-order valence-corrected chi connectivity index (χ4v) is 2.11. The molecular weight excluding hydrogens is 288 g/mol. The number of imidazole rings is 1. The van der Waals surface area contributed by atoms with Gasteiger partial charge in [-0.1, -0.05) is 12.1 Å². The van der Waals surface area contributed by atoms with Crippen molar-refractivity contribution in [3.63, 3.8) is 0 Å². The first kappa shape index (κ1) is 13.7. The highest BCUT2D eigenvalue weighted by molar-refractivity contribution is 5.91. The Labute approximate surface area is 124 Å². The number of hydrogen-bond acceptors (Lipinski definition) is 5. The predicted octanol–water partition coefficient (Wildman–Crippen LogP) is 1.32. The van der Waals surface area contributed by atoms with Gasteiger partial charge >= 0.3 is 5.82 Å². The Morgan fingerprint density at radius 2 is 2.14 bits per heavy atom. The van der Waals surface area contributed by atoms with Crippen molar-refractivity contribution in [1.82, 2.24) is 19.3 Å². The van der Waals surface area contributed by atoms with E-state index in [0.29, 0.717) is 5.95 Å². The minimum Gasteiger partial charge on any atom is -0.358 e. The number of amides is 1. The molecule has 0 aliphatic heterocycles. The van der Waals surface area contributed by atoms with Crippen LogP contribution in [0.3, 0.4) is 0 Å². The van der Waals surface area contributed by atoms with Gasteiger partial charge in [-0.05, 0) is 17.1 Å². The second-order valence-electron chi connectivity index (χ2n) is 4.66. The largest absolute Gasteiger partial charge is 0.389 e. The van der Waals surface area contributed by atoms with Crippen molar-refractivity contribution >= 4 is 28.7 Å². The zero-order chi connectivity index (χ0) is 15.7. The third-order valence-corrected chi connectivity index (χ3v) is 3.16. The molecule has 0 bridgehead atoms. The number of nitrogens with one attached hydrogen (secondary N) is 1. The van der Waals surface area contributed by atoms with E-state index in [0.717, 1.165) is 11.0 Å². The molecule has 0 aliphatic carbocycles. The Bertz CT molecular complexity index is 866. The Balaban J connectivity index is 1.75. The lowest BCUT2D eigenvalue weighted by atomic mass is 10.3. The SMILES string of the molecule is Cn1c(NC(=O)Cn2ccc([N+](=O)[O-])n2)nc2ccccc21. The summed E-state index contributed by atoms with van der Waals surface area (Å²) >= 11 is 0. The van der Waals surface area contributed by atoms with E-state index in [1.165, 1.54) is 16.9 Å². The third-order valence-electron chi connectivity index (χ3n) is 3.16. The van der Waals surface area contributed by atoms with Crippen LogP contribution in [0.1, 0.15) is 0 Å². The zero-order valence-corrected chi connectivity index (χ0v) is 11.6. The van der Waals surface area contributed by atoms with Gasteiger partial charge in [0.25, 0.3) is 0 Å². The summed E-state index contributed by atoms with van der Waals surface area (Å²) in [5.74, 6) is -0.250. The summed E-state index contributed by atoms with van der Waals surface area (Å²) in [5, 5.41) is 16.9. The second kappa shape index (κ2) is 5.28. The van der Waals surface area contributed by atoms with Crippen LogP contribution in [0.4, 0.5) is 11.8 Å². The highest BCUT2D eigenvalue weighted by Gasteiger charge is 2.15. The highest BCUT2D eigenvalue weighted by atomic mass is 16.6. The van der Waals surface area contributed by atoms with E-state index in [2.05, 4.69) is 15.4 Å². The van der Waals surface area contributed by atoms with Gasteiger partial charge in [0.15, 0.2) is 0 Å². The average Bonchev–Trinajstić information content (AvgIpc) is 3.06. The fourth-order valence-electron chi connectivity index (χ4n) is 2.11. The number of aryl methyl sites for hydroxylation is 1. The number of fused-ring (bicyclic) bond motifs is 1. The maximum absolute atomic E-state index is 12.0. The van der Waals surface area contributed by atoms with Gasteiger partial charge < -0.3 is 14.7 Å². The third kappa shape index (κ3) is 2.51. The van der Waals surface area contributed by atoms with Gasteiger partial charge in [-0.15, -0.1) is 0 Å². The van der Waals surface area contributed by atoms with Gasteiger partial charge in [-0.2, -0.15) is 4.68 Å². The first-order valence-corrected chi connectivity index (χ1v) is 6.44. The highest BCUT2D eigenvalue weighted by Crippen LogP contribution is 2.17. The van der Waals surface area contributed by atoms with Crippen LogP contribution in [-0.2, 0) is 18.4 Å². The number of hydrogen-bond donors (Lipinski definition) is 1. The van der Waals surface area contributed by atoms with Crippen LogP contribution in [0.15, 0.2) is 36.5 Å². The van der Waals surface area contributed by atoms with Gasteiger partial charge in [0.05, 0.1) is 28.4 Å². The summed E-state index contributed by atoms with van der Waals surface area (Å²) in [4.78, 5) is 26.3. The molecule has 0 unspecified atom stereocenters. The minimum absolute atomic E-state index is 0.128. The number of nitro groups is 1. The standard InChI is InChI=1S/C13H12N6O3/c1-17-10-5-3-2-4-9(10)14-13(17)15-12(20)8-18-7-6-11(16-18)19(21)22/h2-7H,8H2,1H3,(H,14,15,20). The number of carbonyl (C=O) groups is 1. The number of carbonyl (C=O) groups excluding carboxylic acids is 1. The molecule has 1 amide bonds. The molecule has 0 fully saturated rings. The van der Waals surface area contributed by atoms with E-state index < -0.39 is 4.92 Å². The quantitative estimate of drug-likeness (QED) is 0.577. The maximum atomic E-state index is 12.0. The van der Waals surface area contributed by atoms with Crippen molar-refractivity contribution in [2.24, 2.45) is 7.05 Å². The molecule has 0 aliphatic rings. The molecule has 3 rings (SSSR count). The summed E-state index contributed by atoms with van der Waals surface area (Å²) in [6.45, 7) is -0.128. The molecule has 22 heavy (non-hydrogen) atoms. The summed E-state index contributed by atoms with van der Waals surface area (Å²) < 4.78 is 2.97. The number of rotatable bonds is 4. The van der Waals surface area contributed by atoms with E-state index in [1.807, 2.05) is 24.3 Å². The Morgan fingerprint density at radius 1 is 1.36 bits per heavy atom. The van der Waals surface area contributed by atoms with Gasteiger partial charge in [-0.3, -0.25) is 10.1 Å². The first-order chi connectivity index (χ1) is 10.5. The van der Waals surface area contributed by atoms with E-state index in [9.17, 15) is 14.9 Å². The van der Waals surface area contributed by atoms with E-state index in [1.54, 1.807) is 11.6 Å². The van der Waals surface area contributed by atoms with Crippen LogP contribution in [0, 0.1) is 10.1 Å². The molecule has 0 atom stereocenters. The molecule has 0 radical (unpaired) electrons. The fraction of sp³-hybridized carbons (Fsp3) is 0.154. The Kier molecular flexibility index (Phi) is 3.30. The summed E-state index contributed by atoms with van der Waals surface area (Å²) in [5.41, 5.74) is 1.67. The first-order valence-electron chi connectivity index (χ1n) is 6.44. The van der Waals surface area contributed by atoms with Crippen LogP contribution in [-0.4, -0.2) is 30.2 Å². The number of para-hydroxylation sites is 2. The van der Waals surface area contributed by atoms with Crippen LogP contribution in [0.5, 0.6) is 0 Å². The lowest BCUT2D eigenvalue weighted by Crippen LogP contribution is -2.21. The number of aromatic nitrogens is 4. The number of benzene rings is 1. The van der Waals surface area contributed by atoms with Crippen molar-refractivity contribution in [2.45, 2.75) is 6.54 Å². The predicted molar refractivity (Wildman–Crippen MR) is 78.2 cm³/mol. The molecule has 9 heteroatoms. The second-order valence-corrected chi connectivity index (χ2v) is 4.66. The summed E-state index contributed by atoms with van der Waals surface area (Å²) in [6, 6.07) is 8.74. The maximum Gasteiger partial charge on any atom is 0.389 e. The van der Waals surface area contributed by atoms with Crippen molar-refractivity contribution < 1.29 is 9.72 Å². The van der Waals surface area contributed by atoms with Gasteiger partial charge in [-0.25, -0.2) is 4.98 Å². The van der Waals surface area contributed by atoms with Gasteiger partial charge in [0, 0.05) is 7.05 Å². The molecule has 0 saturated carbocycles. The normalized spacial score (nSPS) is 10.8. The van der Waals surface area contributed by atoms with Gasteiger partial charge in [0.2, 0.25) is 11.9 Å². The minimum atomic E-state index is -0.611. The summed E-state index contributed by atoms with van der Waals surface area (Å²) in [6.07, 6.45) is 1.38. The van der Waals surface area contributed by atoms with Gasteiger partial charge in [0.1, 0.15) is 6.54 Å². The van der Waals surface area contributed by atoms with Crippen molar-refractivity contribution in [3.8, 4) is 0 Å². The number of anilines is 1. The lowest BCUT2D eigenvalue weighted by Gasteiger charge is -2.03. The van der Waals surface area contributed by atoms with Crippen LogP contribution >= 0.6 is 0 Å². The molecule has 0 saturated heterocycles. The van der Waals surface area contributed by atoms with E-state index in [-0.39, 0.29) is 18.3 Å². The molecule has 0 spiro atoms. The lowest BCUT2D eigenvalue weighted by molar-refractivity contribution is -0.389. The molecular formula is C13H12N6O3. The van der Waals surface area contributed by atoms with E-state index >= 15 is 0 Å². The van der Waals surface area contributed by atoms with Crippen molar-refractivity contribution in [2.75, 3.05) is 5.32 Å². The smallest absolute Gasteiger partial charge is 0.358 e. The zero-order valence-electron chi connectivity index (χ0n) is 11.6. The van der Waals surface area contributed by atoms with Crippen LogP contribution in [0.2, 0.25) is 0 Å². The van der Waals surface area contributed by atoms with Crippen LogP contribution < -0.4 is 5.32 Å². The molecule has 2 aromatic heterocycles. The number of nitrogens with zero attached hydrogens (tertiary/aromatic N) is 5. The summed E-state index contributed by atoms with van der Waals surface area (Å²) in [7, 11) is 1.80. The van der Waals surface area contributed by atoms with Crippen molar-refractivity contribution in [1.29, 1.82) is 0 Å². The molecule has 1 N–H and O–H groups in total. The molecule has 2 heterocycles. The molecule has 9 nitrogen and oxygen atoms in total. The Hall–Kier alpha value is -3.23. The van der Waals surface area contributed by atoms with Crippen LogP contribution in [0.25, 0.3) is 11.0 Å². The van der Waals surface area contributed by atoms with E-state index in [4.69, 9.17) is 0 Å². The topological polar surface area (TPSA) is 108 Å². The molecule has 1 aromatic carbocycles. The van der Waals surface area contributed by atoms with Crippen molar-refractivity contribution in [3.05, 3.63) is 46.6 Å². The average molecular weight is 300 g/mol. The Morgan fingerprint density at radius 3 is 2.82 bits per heavy atom. The monoisotopic (exact) mass is 300 g/mol. The molecule has 112 valence electrons.